The summed E-state index contributed by atoms with van der Waals surface area (Å²) in [6, 6.07) is 14.9. The number of benzene rings is 2. The maximum Gasteiger partial charge on any atom is 0.221 e. The van der Waals surface area contributed by atoms with E-state index in [1.807, 2.05) is 6.07 Å². The van der Waals surface area contributed by atoms with E-state index in [4.69, 9.17) is 22.4 Å². The van der Waals surface area contributed by atoms with Crippen LogP contribution in [0.25, 0.3) is 0 Å². The van der Waals surface area contributed by atoms with Crippen molar-refractivity contribution in [1.82, 2.24) is 0 Å². The number of aliphatic hydroxyl groups is 1. The minimum atomic E-state index is -2.21. The van der Waals surface area contributed by atoms with Gasteiger partial charge >= 0.3 is 0 Å². The van der Waals surface area contributed by atoms with Crippen LogP contribution in [0.15, 0.2) is 47.4 Å². The first kappa shape index (κ1) is 37.9. The van der Waals surface area contributed by atoms with Gasteiger partial charge in [0, 0.05) is 10.5 Å². The average molecular weight is 695 g/mol. The predicted octanol–water partition coefficient (Wildman–Crippen LogP) is 8.36. The maximum atomic E-state index is 12.9. The van der Waals surface area contributed by atoms with Gasteiger partial charge in [0.25, 0.3) is 0 Å². The van der Waals surface area contributed by atoms with Crippen molar-refractivity contribution in [2.75, 3.05) is 12.9 Å². The second kappa shape index (κ2) is 14.3. The van der Waals surface area contributed by atoms with Gasteiger partial charge in [-0.25, -0.2) is 0 Å². The number of hydrogen-bond donors (Lipinski definition) is 1. The molecule has 3 rings (SSSR count). The Balaban J connectivity index is 2.19. The Bertz CT molecular complexity index is 1230. The number of aryl methyl sites for hydroxylation is 1. The number of thioether (sulfide) groups is 1. The third-order valence-corrected chi connectivity index (χ3v) is 11.9. The lowest BCUT2D eigenvalue weighted by atomic mass is 9.86. The molecule has 0 bridgehead atoms. The molecular formula is C33H58O6SSi4. The summed E-state index contributed by atoms with van der Waals surface area (Å²) in [7, 11) is -8.34. The van der Waals surface area contributed by atoms with E-state index in [0.29, 0.717) is 12.2 Å². The highest BCUT2D eigenvalue weighted by atomic mass is 32.2. The molecule has 1 N–H and O–H groups in total. The molecule has 0 aromatic heterocycles. The van der Waals surface area contributed by atoms with Gasteiger partial charge in [-0.1, -0.05) is 24.3 Å². The predicted molar refractivity (Wildman–Crippen MR) is 195 cm³/mol. The number of ether oxygens (including phenoxy) is 1. The van der Waals surface area contributed by atoms with Crippen LogP contribution in [0.2, 0.25) is 78.6 Å². The fourth-order valence-electron chi connectivity index (χ4n) is 5.33. The van der Waals surface area contributed by atoms with Crippen LogP contribution in [0, 0.1) is 6.92 Å². The lowest BCUT2D eigenvalue weighted by molar-refractivity contribution is -0.348. The molecule has 2 aromatic rings. The van der Waals surface area contributed by atoms with E-state index in [-0.39, 0.29) is 0 Å². The Morgan fingerprint density at radius 3 is 1.80 bits per heavy atom. The molecule has 248 valence electrons. The van der Waals surface area contributed by atoms with Crippen LogP contribution in [0.5, 0.6) is 0 Å². The van der Waals surface area contributed by atoms with E-state index in [0.717, 1.165) is 12.0 Å². The van der Waals surface area contributed by atoms with Crippen molar-refractivity contribution in [3.63, 3.8) is 0 Å². The molecule has 1 fully saturated rings. The molecule has 5 atom stereocenters. The molecule has 0 amide bonds. The highest BCUT2D eigenvalue weighted by Gasteiger charge is 2.59. The fraction of sp³-hybridized carbons (Fsp3) is 0.636. The Labute approximate surface area is 276 Å². The zero-order valence-corrected chi connectivity index (χ0v) is 34.5. The summed E-state index contributed by atoms with van der Waals surface area (Å²) in [6.07, 6.45) is 0.561. The van der Waals surface area contributed by atoms with Crippen LogP contribution < -0.4 is 0 Å². The van der Waals surface area contributed by atoms with Crippen molar-refractivity contribution >= 4 is 45.0 Å². The average Bonchev–Trinajstić information content (AvgIpc) is 2.86. The van der Waals surface area contributed by atoms with Gasteiger partial charge < -0.3 is 27.5 Å². The summed E-state index contributed by atoms with van der Waals surface area (Å²) in [4.78, 5) is 1.24. The molecule has 0 saturated carbocycles. The number of hydrogen-bond acceptors (Lipinski definition) is 7. The fourth-order valence-corrected chi connectivity index (χ4v) is 9.63. The summed E-state index contributed by atoms with van der Waals surface area (Å²) in [5, 5.41) is 12.9. The molecule has 0 radical (unpaired) electrons. The summed E-state index contributed by atoms with van der Waals surface area (Å²) < 4.78 is 34.1. The van der Waals surface area contributed by atoms with E-state index in [1.54, 1.807) is 11.8 Å². The zero-order chi connectivity index (χ0) is 33.3. The summed E-state index contributed by atoms with van der Waals surface area (Å²) >= 11 is 1.74. The summed E-state index contributed by atoms with van der Waals surface area (Å²) in [5.74, 6) is -1.76. The van der Waals surface area contributed by atoms with Crippen molar-refractivity contribution in [2.45, 2.75) is 127 Å². The molecule has 11 heteroatoms. The molecule has 1 aliphatic heterocycles. The van der Waals surface area contributed by atoms with Gasteiger partial charge in [-0.2, -0.15) is 0 Å². The minimum absolute atomic E-state index is 0.318. The van der Waals surface area contributed by atoms with E-state index in [1.165, 1.54) is 16.0 Å². The Kier molecular flexibility index (Phi) is 12.3. The normalized spacial score (nSPS) is 25.3. The first-order valence-corrected chi connectivity index (χ1v) is 30.7. The first-order chi connectivity index (χ1) is 20.0. The third-order valence-electron chi connectivity index (χ3n) is 7.16. The van der Waals surface area contributed by atoms with Crippen molar-refractivity contribution in [3.05, 3.63) is 64.7 Å². The second-order valence-corrected chi connectivity index (χ2v) is 34.8. The van der Waals surface area contributed by atoms with Crippen molar-refractivity contribution in [3.8, 4) is 0 Å². The standard InChI is InChI=1S/C33H58O6SSi4/c1-24-15-18-27(22-26(24)21-25-16-19-28(40-2)20-17-25)33(34)32(39-44(12,13)14)31(38-43(9,10)11)30(37-42(6,7)8)29(36-33)23-35-41(3,4)5/h15-20,22,29-32,34H,21,23H2,1-14H3/t29-,30?,31+,32-,33+/m1/s1. The van der Waals surface area contributed by atoms with Gasteiger partial charge in [-0.05, 0) is 133 Å². The molecule has 44 heavy (non-hydrogen) atoms. The quantitative estimate of drug-likeness (QED) is 0.167. The Morgan fingerprint density at radius 2 is 1.30 bits per heavy atom. The molecule has 0 spiro atoms. The number of rotatable bonds is 13. The lowest BCUT2D eigenvalue weighted by Crippen LogP contribution is -2.69. The highest BCUT2D eigenvalue weighted by Crippen LogP contribution is 2.44. The van der Waals surface area contributed by atoms with E-state index in [2.05, 4.69) is 128 Å². The molecular weight excluding hydrogens is 637 g/mol. The lowest BCUT2D eigenvalue weighted by Gasteiger charge is -2.54. The molecule has 1 heterocycles. The summed E-state index contributed by atoms with van der Waals surface area (Å²) in [6.45, 7) is 28.5. The first-order valence-electron chi connectivity index (χ1n) is 15.8. The van der Waals surface area contributed by atoms with Crippen LogP contribution >= 0.6 is 11.8 Å². The Hall–Kier alpha value is -0.582. The molecule has 1 saturated heterocycles. The van der Waals surface area contributed by atoms with Crippen LogP contribution in [-0.2, 0) is 34.6 Å². The van der Waals surface area contributed by atoms with Gasteiger partial charge in [0.05, 0.1) is 6.61 Å². The van der Waals surface area contributed by atoms with Crippen LogP contribution in [0.1, 0.15) is 22.3 Å². The van der Waals surface area contributed by atoms with Crippen LogP contribution in [-0.4, -0.2) is 75.7 Å². The van der Waals surface area contributed by atoms with E-state index in [9.17, 15) is 5.11 Å². The van der Waals surface area contributed by atoms with Gasteiger partial charge in [-0.3, -0.25) is 0 Å². The zero-order valence-electron chi connectivity index (χ0n) is 29.7. The van der Waals surface area contributed by atoms with Gasteiger partial charge in [0.15, 0.2) is 33.3 Å². The van der Waals surface area contributed by atoms with Gasteiger partial charge in [0.1, 0.15) is 24.4 Å². The van der Waals surface area contributed by atoms with E-state index < -0.39 is 63.5 Å². The SMILES string of the molecule is CSc1ccc(Cc2cc([C@]3(O)O[C@H](CO[Si](C)(C)C)C(O[Si](C)(C)C)[C@H](O[Si](C)(C)C)[C@H]3O[Si](C)(C)C)ccc2C)cc1. The summed E-state index contributed by atoms with van der Waals surface area (Å²) in [5.41, 5.74) is 4.20. The third kappa shape index (κ3) is 11.0. The monoisotopic (exact) mass is 694 g/mol. The molecule has 6 nitrogen and oxygen atoms in total. The van der Waals surface area contributed by atoms with Crippen molar-refractivity contribution < 1.29 is 27.5 Å². The molecule has 0 aliphatic carbocycles. The smallest absolute Gasteiger partial charge is 0.221 e. The largest absolute Gasteiger partial charge is 0.415 e. The van der Waals surface area contributed by atoms with Gasteiger partial charge in [0.2, 0.25) is 5.79 Å². The van der Waals surface area contributed by atoms with Crippen LogP contribution in [0.3, 0.4) is 0 Å². The minimum Gasteiger partial charge on any atom is -0.415 e. The molecule has 2 aromatic carbocycles. The molecule has 1 unspecified atom stereocenters. The Morgan fingerprint density at radius 1 is 0.750 bits per heavy atom. The van der Waals surface area contributed by atoms with Crippen molar-refractivity contribution in [2.24, 2.45) is 0 Å². The van der Waals surface area contributed by atoms with E-state index >= 15 is 0 Å². The topological polar surface area (TPSA) is 66.4 Å². The second-order valence-electron chi connectivity index (χ2n) is 16.0. The van der Waals surface area contributed by atoms with Crippen molar-refractivity contribution in [1.29, 1.82) is 0 Å². The highest BCUT2D eigenvalue weighted by molar-refractivity contribution is 7.98. The van der Waals surface area contributed by atoms with Crippen LogP contribution in [0.4, 0.5) is 0 Å². The van der Waals surface area contributed by atoms with Gasteiger partial charge in [-0.15, -0.1) is 11.8 Å². The molecule has 1 aliphatic rings. The maximum absolute atomic E-state index is 12.9.